The van der Waals surface area contributed by atoms with E-state index in [1.807, 2.05) is 53.4 Å². The van der Waals surface area contributed by atoms with E-state index in [2.05, 4.69) is 12.2 Å². The maximum absolute atomic E-state index is 12.5. The maximum atomic E-state index is 12.5. The molecule has 2 aliphatic rings. The summed E-state index contributed by atoms with van der Waals surface area (Å²) in [7, 11) is 0. The number of hydrogen-bond donors (Lipinski definition) is 1. The Bertz CT molecular complexity index is 674. The van der Waals surface area contributed by atoms with Gasteiger partial charge in [0.05, 0.1) is 0 Å². The lowest BCUT2D eigenvalue weighted by Gasteiger charge is -2.28. The van der Waals surface area contributed by atoms with Crippen molar-refractivity contribution in [1.82, 2.24) is 9.88 Å². The zero-order valence-corrected chi connectivity index (χ0v) is 13.6. The minimum Gasteiger partial charge on any atom is -0.349 e. The predicted octanol–water partition coefficient (Wildman–Crippen LogP) is 4.03. The summed E-state index contributed by atoms with van der Waals surface area (Å²) in [5.74, 6) is 2.49. The summed E-state index contributed by atoms with van der Waals surface area (Å²) < 4.78 is 2.04. The van der Waals surface area contributed by atoms with Crippen LogP contribution >= 0.6 is 0 Å². The molecule has 0 unspecified atom stereocenters. The second-order valence-corrected chi connectivity index (χ2v) is 7.24. The minimum atomic E-state index is 0.0549. The summed E-state index contributed by atoms with van der Waals surface area (Å²) in [6.07, 6.45) is 9.47. The molecule has 23 heavy (non-hydrogen) atoms. The SMILES string of the molecule is C[C@H](NC(=O)c1ccc(-n2cccc2)cc1)[C@@H]1C[C@H]2CC[C@H]1C2. The highest BCUT2D eigenvalue weighted by atomic mass is 16.1. The van der Waals surface area contributed by atoms with Gasteiger partial charge in [-0.2, -0.15) is 0 Å². The molecule has 2 fully saturated rings. The molecule has 2 saturated carbocycles. The van der Waals surface area contributed by atoms with Crippen LogP contribution in [0, 0.1) is 17.8 Å². The van der Waals surface area contributed by atoms with Gasteiger partial charge in [0, 0.05) is 29.7 Å². The molecule has 0 saturated heterocycles. The quantitative estimate of drug-likeness (QED) is 0.909. The molecule has 3 heteroatoms. The summed E-state index contributed by atoms with van der Waals surface area (Å²) >= 11 is 0. The molecule has 2 aliphatic carbocycles. The van der Waals surface area contributed by atoms with Crippen molar-refractivity contribution in [2.75, 3.05) is 0 Å². The predicted molar refractivity (Wildman–Crippen MR) is 91.6 cm³/mol. The zero-order chi connectivity index (χ0) is 15.8. The van der Waals surface area contributed by atoms with Gasteiger partial charge in [0.25, 0.3) is 5.91 Å². The molecule has 4 atom stereocenters. The minimum absolute atomic E-state index is 0.0549. The molecule has 1 aromatic heterocycles. The van der Waals surface area contributed by atoms with Crippen LogP contribution in [0.4, 0.5) is 0 Å². The molecule has 0 spiro atoms. The molecule has 4 rings (SSSR count). The molecule has 1 aromatic carbocycles. The molecule has 1 heterocycles. The number of benzene rings is 1. The molecule has 1 amide bonds. The number of hydrogen-bond acceptors (Lipinski definition) is 1. The normalized spacial score (nSPS) is 27.1. The van der Waals surface area contributed by atoms with E-state index in [-0.39, 0.29) is 11.9 Å². The Balaban J connectivity index is 1.41. The van der Waals surface area contributed by atoms with Crippen molar-refractivity contribution in [1.29, 1.82) is 0 Å². The van der Waals surface area contributed by atoms with Crippen LogP contribution in [0.15, 0.2) is 48.8 Å². The van der Waals surface area contributed by atoms with Gasteiger partial charge >= 0.3 is 0 Å². The van der Waals surface area contributed by atoms with Crippen LogP contribution in [0.25, 0.3) is 5.69 Å². The van der Waals surface area contributed by atoms with Gasteiger partial charge in [-0.15, -0.1) is 0 Å². The molecule has 120 valence electrons. The van der Waals surface area contributed by atoms with Crippen LogP contribution in [-0.4, -0.2) is 16.5 Å². The Kier molecular flexibility index (Phi) is 3.72. The van der Waals surface area contributed by atoms with E-state index in [1.165, 1.54) is 25.7 Å². The zero-order valence-electron chi connectivity index (χ0n) is 13.6. The lowest BCUT2D eigenvalue weighted by atomic mass is 9.84. The van der Waals surface area contributed by atoms with Crippen molar-refractivity contribution in [3.8, 4) is 5.69 Å². The molecule has 1 N–H and O–H groups in total. The van der Waals surface area contributed by atoms with Gasteiger partial charge in [-0.25, -0.2) is 0 Å². The van der Waals surface area contributed by atoms with Gasteiger partial charge in [0.2, 0.25) is 0 Å². The Hall–Kier alpha value is -2.03. The van der Waals surface area contributed by atoms with Gasteiger partial charge < -0.3 is 9.88 Å². The largest absolute Gasteiger partial charge is 0.349 e. The van der Waals surface area contributed by atoms with Crippen LogP contribution in [-0.2, 0) is 0 Å². The van der Waals surface area contributed by atoms with Gasteiger partial charge in [0.15, 0.2) is 0 Å². The molecule has 2 bridgehead atoms. The van der Waals surface area contributed by atoms with Gasteiger partial charge in [-0.1, -0.05) is 6.42 Å². The van der Waals surface area contributed by atoms with Crippen LogP contribution in [0.1, 0.15) is 43.0 Å². The highest BCUT2D eigenvalue weighted by Crippen LogP contribution is 2.49. The number of aromatic nitrogens is 1. The smallest absolute Gasteiger partial charge is 0.251 e. The second-order valence-electron chi connectivity index (χ2n) is 7.24. The molecule has 0 aliphatic heterocycles. The van der Waals surface area contributed by atoms with Crippen molar-refractivity contribution in [2.24, 2.45) is 17.8 Å². The number of nitrogens with zero attached hydrogens (tertiary/aromatic N) is 1. The third kappa shape index (κ3) is 2.80. The lowest BCUT2D eigenvalue weighted by molar-refractivity contribution is 0.0915. The van der Waals surface area contributed by atoms with Crippen molar-refractivity contribution in [2.45, 2.75) is 38.6 Å². The number of fused-ring (bicyclic) bond motifs is 2. The molecule has 0 radical (unpaired) electrons. The monoisotopic (exact) mass is 308 g/mol. The fourth-order valence-electron chi connectivity index (χ4n) is 4.60. The van der Waals surface area contributed by atoms with E-state index >= 15 is 0 Å². The fraction of sp³-hybridized carbons (Fsp3) is 0.450. The Morgan fingerprint density at radius 1 is 1.13 bits per heavy atom. The van der Waals surface area contributed by atoms with Crippen molar-refractivity contribution in [3.05, 3.63) is 54.4 Å². The van der Waals surface area contributed by atoms with Crippen LogP contribution in [0.2, 0.25) is 0 Å². The Morgan fingerprint density at radius 2 is 1.87 bits per heavy atom. The van der Waals surface area contributed by atoms with E-state index in [0.717, 1.165) is 23.1 Å². The van der Waals surface area contributed by atoms with E-state index in [1.54, 1.807) is 0 Å². The summed E-state index contributed by atoms with van der Waals surface area (Å²) in [6, 6.07) is 12.1. The topological polar surface area (TPSA) is 34.0 Å². The first kappa shape index (κ1) is 14.6. The molecular formula is C20H24N2O. The number of carbonyl (C=O) groups is 1. The standard InChI is InChI=1S/C20H24N2O/c1-14(19-13-15-4-5-17(19)12-15)21-20(23)16-6-8-18(9-7-16)22-10-2-3-11-22/h2-3,6-11,14-15,17,19H,4-5,12-13H2,1H3,(H,21,23)/t14-,15-,17-,19-/m0/s1. The highest BCUT2D eigenvalue weighted by Gasteiger charge is 2.42. The third-order valence-electron chi connectivity index (χ3n) is 5.83. The maximum Gasteiger partial charge on any atom is 0.251 e. The average Bonchev–Trinajstić information content (AvgIpc) is 3.32. The Morgan fingerprint density at radius 3 is 2.48 bits per heavy atom. The van der Waals surface area contributed by atoms with E-state index in [4.69, 9.17) is 0 Å². The second kappa shape index (κ2) is 5.88. The molecule has 3 nitrogen and oxygen atoms in total. The van der Waals surface area contributed by atoms with Gasteiger partial charge in [0.1, 0.15) is 0 Å². The number of carbonyl (C=O) groups excluding carboxylic acids is 1. The summed E-state index contributed by atoms with van der Waals surface area (Å²) in [6.45, 7) is 2.18. The summed E-state index contributed by atoms with van der Waals surface area (Å²) in [5.41, 5.74) is 1.82. The number of amides is 1. The third-order valence-corrected chi connectivity index (χ3v) is 5.83. The average molecular weight is 308 g/mol. The first-order chi connectivity index (χ1) is 11.2. The van der Waals surface area contributed by atoms with Gasteiger partial charge in [-0.05, 0) is 80.3 Å². The first-order valence-corrected chi connectivity index (χ1v) is 8.75. The fourth-order valence-corrected chi connectivity index (χ4v) is 4.60. The number of nitrogens with one attached hydrogen (secondary N) is 1. The van der Waals surface area contributed by atoms with Crippen LogP contribution in [0.5, 0.6) is 0 Å². The van der Waals surface area contributed by atoms with Crippen molar-refractivity contribution < 1.29 is 4.79 Å². The van der Waals surface area contributed by atoms with Gasteiger partial charge in [-0.3, -0.25) is 4.79 Å². The summed E-state index contributed by atoms with van der Waals surface area (Å²) in [4.78, 5) is 12.5. The molecule has 2 aromatic rings. The Labute approximate surface area is 137 Å². The van der Waals surface area contributed by atoms with Crippen LogP contribution in [0.3, 0.4) is 0 Å². The lowest BCUT2D eigenvalue weighted by Crippen LogP contribution is -2.40. The van der Waals surface area contributed by atoms with Crippen molar-refractivity contribution in [3.63, 3.8) is 0 Å². The van der Waals surface area contributed by atoms with E-state index in [0.29, 0.717) is 5.92 Å². The van der Waals surface area contributed by atoms with E-state index < -0.39 is 0 Å². The van der Waals surface area contributed by atoms with E-state index in [9.17, 15) is 4.79 Å². The highest BCUT2D eigenvalue weighted by molar-refractivity contribution is 5.94. The number of rotatable bonds is 4. The van der Waals surface area contributed by atoms with Crippen LogP contribution < -0.4 is 5.32 Å². The molecular weight excluding hydrogens is 284 g/mol. The van der Waals surface area contributed by atoms with Crippen molar-refractivity contribution >= 4 is 5.91 Å². The summed E-state index contributed by atoms with van der Waals surface area (Å²) in [5, 5.41) is 3.23. The first-order valence-electron chi connectivity index (χ1n) is 8.75.